The maximum atomic E-state index is 12.7. The van der Waals surface area contributed by atoms with Gasteiger partial charge in [0.05, 0.1) is 17.8 Å². The van der Waals surface area contributed by atoms with Gasteiger partial charge in [-0.3, -0.25) is 0 Å². The molecule has 2 atom stereocenters. The monoisotopic (exact) mass is 416 g/mol. The highest BCUT2D eigenvalue weighted by Crippen LogP contribution is 2.37. The summed E-state index contributed by atoms with van der Waals surface area (Å²) < 4.78 is 55.2. The zero-order chi connectivity index (χ0) is 21.0. The van der Waals surface area contributed by atoms with Crippen LogP contribution in [0.4, 0.5) is 13.2 Å². The van der Waals surface area contributed by atoms with Crippen LogP contribution in [0.2, 0.25) is 18.1 Å². The number of hydrogen-bond donors (Lipinski definition) is 0. The Hall–Kier alpha value is -1.31. The van der Waals surface area contributed by atoms with Crippen LogP contribution < -0.4 is 4.74 Å². The van der Waals surface area contributed by atoms with Gasteiger partial charge in [0.15, 0.2) is 8.32 Å². The minimum absolute atomic E-state index is 0.202. The van der Waals surface area contributed by atoms with Crippen LogP contribution in [0.3, 0.4) is 0 Å². The van der Waals surface area contributed by atoms with Gasteiger partial charge >= 0.3 is 6.18 Å². The number of hydrogen-bond acceptors (Lipinski definition) is 3. The highest BCUT2D eigenvalue weighted by Gasteiger charge is 2.40. The largest absolute Gasteiger partial charge is 0.490 e. The minimum Gasteiger partial charge on any atom is -0.490 e. The van der Waals surface area contributed by atoms with Crippen molar-refractivity contribution in [2.45, 2.75) is 70.1 Å². The molecular formula is C21H31F3O3Si. The van der Waals surface area contributed by atoms with Gasteiger partial charge in [-0.2, -0.15) is 13.2 Å². The predicted molar refractivity (Wildman–Crippen MR) is 107 cm³/mol. The maximum absolute atomic E-state index is 12.7. The first-order chi connectivity index (χ1) is 12.9. The van der Waals surface area contributed by atoms with Gasteiger partial charge in [0.2, 0.25) is 0 Å². The zero-order valence-electron chi connectivity index (χ0n) is 17.3. The molecule has 1 aliphatic rings. The van der Waals surface area contributed by atoms with Crippen molar-refractivity contribution >= 4 is 8.32 Å². The van der Waals surface area contributed by atoms with Gasteiger partial charge in [0.25, 0.3) is 0 Å². The third-order valence-corrected chi connectivity index (χ3v) is 9.94. The van der Waals surface area contributed by atoms with Crippen molar-refractivity contribution in [3.05, 3.63) is 42.0 Å². The van der Waals surface area contributed by atoms with E-state index in [0.29, 0.717) is 0 Å². The van der Waals surface area contributed by atoms with Crippen LogP contribution in [0.25, 0.3) is 0 Å². The Morgan fingerprint density at radius 2 is 1.82 bits per heavy atom. The maximum Gasteiger partial charge on any atom is 0.416 e. The first-order valence-electron chi connectivity index (χ1n) is 9.64. The Bertz CT molecular complexity index is 666. The van der Waals surface area contributed by atoms with Crippen molar-refractivity contribution in [1.82, 2.24) is 0 Å². The van der Waals surface area contributed by atoms with Crippen molar-refractivity contribution in [1.29, 1.82) is 0 Å². The van der Waals surface area contributed by atoms with Crippen LogP contribution in [0.5, 0.6) is 5.75 Å². The first-order valence-corrected chi connectivity index (χ1v) is 12.6. The van der Waals surface area contributed by atoms with Crippen LogP contribution in [0.1, 0.15) is 39.2 Å². The van der Waals surface area contributed by atoms with E-state index < -0.39 is 20.1 Å². The molecule has 0 amide bonds. The molecule has 0 saturated carbocycles. The number of halogens is 3. The SMILES string of the molecule is CC(C)(C)[Si](C)(C)OCC[C@H]1O[C@H]1C/C=C\COc1cccc(C(F)(F)F)c1. The van der Waals surface area contributed by atoms with E-state index in [2.05, 4.69) is 33.9 Å². The number of ether oxygens (including phenoxy) is 2. The lowest BCUT2D eigenvalue weighted by Crippen LogP contribution is -2.41. The standard InChI is InChI=1S/C21H31F3O3Si/c1-20(2,3)28(4,5)26-14-12-19-18(27-19)11-6-7-13-25-17-10-8-9-16(15-17)21(22,23)24/h6-10,15,18-19H,11-14H2,1-5H3/b7-6-/t18-,19+/m0/s1. The van der Waals surface area contributed by atoms with Crippen LogP contribution >= 0.6 is 0 Å². The molecule has 1 heterocycles. The molecule has 1 saturated heterocycles. The quantitative estimate of drug-likeness (QED) is 0.272. The minimum atomic E-state index is -4.36. The van der Waals surface area contributed by atoms with E-state index in [9.17, 15) is 13.2 Å². The van der Waals surface area contributed by atoms with Gasteiger partial charge in [-0.25, -0.2) is 0 Å². The summed E-state index contributed by atoms with van der Waals surface area (Å²) in [4.78, 5) is 0. The summed E-state index contributed by atoms with van der Waals surface area (Å²) in [5, 5.41) is 0.208. The molecule has 28 heavy (non-hydrogen) atoms. The highest BCUT2D eigenvalue weighted by molar-refractivity contribution is 6.74. The molecule has 2 rings (SSSR count). The summed E-state index contributed by atoms with van der Waals surface area (Å²) in [5.41, 5.74) is -0.705. The smallest absolute Gasteiger partial charge is 0.416 e. The van der Waals surface area contributed by atoms with Crippen molar-refractivity contribution < 1.29 is 27.1 Å². The van der Waals surface area contributed by atoms with E-state index in [-0.39, 0.29) is 29.6 Å². The molecule has 0 unspecified atom stereocenters. The number of rotatable bonds is 9. The van der Waals surface area contributed by atoms with E-state index in [1.54, 1.807) is 0 Å². The summed E-state index contributed by atoms with van der Waals surface area (Å²) in [6.07, 6.45) is 1.51. The summed E-state index contributed by atoms with van der Waals surface area (Å²) in [5.74, 6) is 0.211. The Morgan fingerprint density at radius 1 is 1.11 bits per heavy atom. The Balaban J connectivity index is 1.63. The fourth-order valence-electron chi connectivity index (χ4n) is 2.49. The van der Waals surface area contributed by atoms with Gasteiger partial charge in [-0.05, 0) is 49.2 Å². The number of benzene rings is 1. The van der Waals surface area contributed by atoms with Crippen LogP contribution in [-0.2, 0) is 15.3 Å². The van der Waals surface area contributed by atoms with Gasteiger partial charge in [0.1, 0.15) is 12.4 Å². The summed E-state index contributed by atoms with van der Waals surface area (Å²) in [6, 6.07) is 4.90. The average molecular weight is 417 g/mol. The first kappa shape index (κ1) is 23.0. The normalized spacial score (nSPS) is 20.6. The molecule has 1 fully saturated rings. The van der Waals surface area contributed by atoms with Gasteiger partial charge < -0.3 is 13.9 Å². The molecule has 0 aromatic heterocycles. The number of epoxide rings is 1. The Morgan fingerprint density at radius 3 is 2.46 bits per heavy atom. The molecule has 158 valence electrons. The van der Waals surface area contributed by atoms with E-state index in [1.807, 2.05) is 12.2 Å². The van der Waals surface area contributed by atoms with Gasteiger partial charge in [-0.1, -0.05) is 39.0 Å². The van der Waals surface area contributed by atoms with Crippen molar-refractivity contribution in [3.8, 4) is 5.75 Å². The fraction of sp³-hybridized carbons (Fsp3) is 0.619. The van der Waals surface area contributed by atoms with Crippen molar-refractivity contribution in [2.24, 2.45) is 0 Å². The van der Waals surface area contributed by atoms with Crippen molar-refractivity contribution in [3.63, 3.8) is 0 Å². The topological polar surface area (TPSA) is 31.0 Å². The van der Waals surface area contributed by atoms with E-state index in [4.69, 9.17) is 13.9 Å². The zero-order valence-corrected chi connectivity index (χ0v) is 18.3. The second kappa shape index (κ2) is 9.01. The van der Waals surface area contributed by atoms with Crippen LogP contribution in [0, 0.1) is 0 Å². The fourth-order valence-corrected chi connectivity index (χ4v) is 3.55. The number of alkyl halides is 3. The summed E-state index contributed by atoms with van der Waals surface area (Å²) >= 11 is 0. The van der Waals surface area contributed by atoms with Crippen molar-refractivity contribution in [2.75, 3.05) is 13.2 Å². The molecule has 0 bridgehead atoms. The molecule has 7 heteroatoms. The van der Waals surface area contributed by atoms with E-state index in [1.165, 1.54) is 12.1 Å². The van der Waals surface area contributed by atoms with E-state index in [0.717, 1.165) is 31.6 Å². The predicted octanol–water partition coefficient (Wildman–Crippen LogP) is 6.21. The Kier molecular flexibility index (Phi) is 7.39. The van der Waals surface area contributed by atoms with Gasteiger partial charge in [0, 0.05) is 6.61 Å². The third-order valence-electron chi connectivity index (χ3n) is 5.40. The summed E-state index contributed by atoms with van der Waals surface area (Å²) in [6.45, 7) is 12.1. The molecule has 0 N–H and O–H groups in total. The lowest BCUT2D eigenvalue weighted by Gasteiger charge is -2.36. The Labute approximate surface area is 167 Å². The second-order valence-electron chi connectivity index (χ2n) is 8.65. The molecule has 0 radical (unpaired) electrons. The van der Waals surface area contributed by atoms with E-state index >= 15 is 0 Å². The highest BCUT2D eigenvalue weighted by atomic mass is 28.4. The van der Waals surface area contributed by atoms with Crippen LogP contribution in [0.15, 0.2) is 36.4 Å². The second-order valence-corrected chi connectivity index (χ2v) is 13.5. The van der Waals surface area contributed by atoms with Crippen LogP contribution in [-0.4, -0.2) is 33.7 Å². The molecule has 1 aliphatic heterocycles. The molecule has 1 aromatic rings. The molecular weight excluding hydrogens is 385 g/mol. The van der Waals surface area contributed by atoms with Gasteiger partial charge in [-0.15, -0.1) is 0 Å². The lowest BCUT2D eigenvalue weighted by molar-refractivity contribution is -0.137. The molecule has 0 spiro atoms. The average Bonchev–Trinajstić information content (AvgIpc) is 3.31. The molecule has 3 nitrogen and oxygen atoms in total. The summed E-state index contributed by atoms with van der Waals surface area (Å²) in [7, 11) is -1.71. The molecule has 0 aliphatic carbocycles. The third kappa shape index (κ3) is 6.94. The lowest BCUT2D eigenvalue weighted by atomic mass is 10.2. The molecule has 1 aromatic carbocycles.